The number of rotatable bonds is 11. The van der Waals surface area contributed by atoms with Gasteiger partial charge in [-0.25, -0.2) is 4.79 Å². The molecule has 2 amide bonds. The summed E-state index contributed by atoms with van der Waals surface area (Å²) in [6, 6.07) is 9.02. The molecule has 0 aromatic heterocycles. The molecule has 3 N–H and O–H groups in total. The van der Waals surface area contributed by atoms with Crippen molar-refractivity contribution in [2.45, 2.75) is 71.6 Å². The van der Waals surface area contributed by atoms with Crippen molar-refractivity contribution in [1.29, 1.82) is 0 Å². The molecule has 0 saturated heterocycles. The maximum absolute atomic E-state index is 12.9. The van der Waals surface area contributed by atoms with E-state index in [-0.39, 0.29) is 25.4 Å². The standard InChI is InChI=1S/C25H38N2O6/c1-16(2)11-12-27(24(32)26-25(3,4)5)15-20(28)21(13-17-9-7-6-8-10-17)33-23(31)19-14-18(19)22(29)30/h6-10,16,18-21,28H,11-15H2,1-5H3,(H,26,32)(H,29,30). The molecule has 0 heterocycles. The molecule has 4 unspecified atom stereocenters. The predicted octanol–water partition coefficient (Wildman–Crippen LogP) is 3.08. The number of ether oxygens (including phenoxy) is 1. The van der Waals surface area contributed by atoms with Gasteiger partial charge >= 0.3 is 18.0 Å². The summed E-state index contributed by atoms with van der Waals surface area (Å²) >= 11 is 0. The summed E-state index contributed by atoms with van der Waals surface area (Å²) in [7, 11) is 0. The van der Waals surface area contributed by atoms with Gasteiger partial charge in [-0.15, -0.1) is 0 Å². The van der Waals surface area contributed by atoms with Crippen LogP contribution in [0.5, 0.6) is 0 Å². The minimum Gasteiger partial charge on any atom is -0.481 e. The number of hydrogen-bond acceptors (Lipinski definition) is 5. The molecule has 1 aliphatic carbocycles. The number of esters is 1. The SMILES string of the molecule is CC(C)CCN(CC(O)C(Cc1ccccc1)OC(=O)C1CC1C(=O)O)C(=O)NC(C)(C)C. The van der Waals surface area contributed by atoms with Gasteiger partial charge in [-0.3, -0.25) is 9.59 Å². The Balaban J connectivity index is 2.15. The van der Waals surface area contributed by atoms with Crippen LogP contribution < -0.4 is 5.32 Å². The number of aliphatic carboxylic acids is 1. The van der Waals surface area contributed by atoms with Crippen LogP contribution in [-0.4, -0.2) is 63.9 Å². The number of aliphatic hydroxyl groups is 1. The van der Waals surface area contributed by atoms with Crippen LogP contribution in [0.3, 0.4) is 0 Å². The number of carbonyl (C=O) groups excluding carboxylic acids is 2. The summed E-state index contributed by atoms with van der Waals surface area (Å²) in [5.74, 6) is -2.68. The van der Waals surface area contributed by atoms with Crippen molar-refractivity contribution in [3.63, 3.8) is 0 Å². The predicted molar refractivity (Wildman–Crippen MR) is 125 cm³/mol. The van der Waals surface area contributed by atoms with E-state index in [0.29, 0.717) is 12.5 Å². The zero-order valence-electron chi connectivity index (χ0n) is 20.3. The molecule has 8 heteroatoms. The number of carbonyl (C=O) groups is 3. The summed E-state index contributed by atoms with van der Waals surface area (Å²) in [5.41, 5.74) is 0.430. The van der Waals surface area contributed by atoms with Gasteiger partial charge in [-0.1, -0.05) is 44.2 Å². The Hall–Kier alpha value is -2.61. The van der Waals surface area contributed by atoms with Crippen LogP contribution in [-0.2, 0) is 20.7 Å². The second-order valence-corrected chi connectivity index (χ2v) is 10.3. The van der Waals surface area contributed by atoms with Gasteiger partial charge in [0.25, 0.3) is 0 Å². The van der Waals surface area contributed by atoms with Crippen LogP contribution in [0.4, 0.5) is 4.79 Å². The van der Waals surface area contributed by atoms with Crippen LogP contribution in [0, 0.1) is 17.8 Å². The number of nitrogens with one attached hydrogen (secondary N) is 1. The van der Waals surface area contributed by atoms with Crippen molar-refractivity contribution < 1.29 is 29.3 Å². The van der Waals surface area contributed by atoms with Gasteiger partial charge in [0.15, 0.2) is 0 Å². The van der Waals surface area contributed by atoms with Gasteiger partial charge in [-0.2, -0.15) is 0 Å². The van der Waals surface area contributed by atoms with Gasteiger partial charge in [0.2, 0.25) is 0 Å². The lowest BCUT2D eigenvalue weighted by molar-refractivity contribution is -0.159. The molecule has 0 spiro atoms. The Kier molecular flexibility index (Phi) is 9.28. The van der Waals surface area contributed by atoms with Gasteiger partial charge in [0.1, 0.15) is 12.2 Å². The lowest BCUT2D eigenvalue weighted by Gasteiger charge is -2.32. The third kappa shape index (κ3) is 9.04. The van der Waals surface area contributed by atoms with Crippen molar-refractivity contribution in [3.8, 4) is 0 Å². The van der Waals surface area contributed by atoms with E-state index < -0.39 is 41.5 Å². The Morgan fingerprint density at radius 1 is 1.15 bits per heavy atom. The van der Waals surface area contributed by atoms with E-state index in [1.165, 1.54) is 0 Å². The average molecular weight is 463 g/mol. The fourth-order valence-corrected chi connectivity index (χ4v) is 3.50. The average Bonchev–Trinajstić information content (AvgIpc) is 3.51. The van der Waals surface area contributed by atoms with E-state index in [2.05, 4.69) is 19.2 Å². The second kappa shape index (κ2) is 11.5. The third-order valence-corrected chi connectivity index (χ3v) is 5.54. The Labute approximate surface area is 196 Å². The Morgan fingerprint density at radius 2 is 1.79 bits per heavy atom. The van der Waals surface area contributed by atoms with Crippen LogP contribution in [0.25, 0.3) is 0 Å². The van der Waals surface area contributed by atoms with Crippen LogP contribution in [0.15, 0.2) is 30.3 Å². The molecule has 2 rings (SSSR count). The maximum Gasteiger partial charge on any atom is 0.317 e. The van der Waals surface area contributed by atoms with Crippen LogP contribution in [0.1, 0.15) is 53.0 Å². The number of carboxylic acid groups (broad SMARTS) is 1. The molecule has 0 aliphatic heterocycles. The Morgan fingerprint density at radius 3 is 2.30 bits per heavy atom. The molecule has 184 valence electrons. The fraction of sp³-hybridized carbons (Fsp3) is 0.640. The summed E-state index contributed by atoms with van der Waals surface area (Å²) in [5, 5.41) is 23.1. The monoisotopic (exact) mass is 462 g/mol. The molecule has 4 atom stereocenters. The second-order valence-electron chi connectivity index (χ2n) is 10.3. The van der Waals surface area contributed by atoms with Gasteiger partial charge in [-0.05, 0) is 45.1 Å². The summed E-state index contributed by atoms with van der Waals surface area (Å²) in [6.07, 6.45) is -0.767. The molecule has 33 heavy (non-hydrogen) atoms. The summed E-state index contributed by atoms with van der Waals surface area (Å²) in [6.45, 7) is 10.2. The normalized spacial score (nSPS) is 19.5. The first kappa shape index (κ1) is 26.6. The van der Waals surface area contributed by atoms with Gasteiger partial charge in [0.05, 0.1) is 18.4 Å². The molecule has 0 bridgehead atoms. The van der Waals surface area contributed by atoms with E-state index in [0.717, 1.165) is 12.0 Å². The zero-order valence-corrected chi connectivity index (χ0v) is 20.3. The smallest absolute Gasteiger partial charge is 0.317 e. The summed E-state index contributed by atoms with van der Waals surface area (Å²) in [4.78, 5) is 38.1. The highest BCUT2D eigenvalue weighted by Gasteiger charge is 2.50. The number of hydrogen-bond donors (Lipinski definition) is 3. The Bertz CT molecular complexity index is 805. The molecule has 0 radical (unpaired) electrons. The number of nitrogens with zero attached hydrogens (tertiary/aromatic N) is 1. The molecule has 8 nitrogen and oxygen atoms in total. The minimum atomic E-state index is -1.13. The van der Waals surface area contributed by atoms with Crippen LogP contribution in [0.2, 0.25) is 0 Å². The molecular formula is C25H38N2O6. The van der Waals surface area contributed by atoms with E-state index in [1.54, 1.807) is 4.90 Å². The highest BCUT2D eigenvalue weighted by molar-refractivity contribution is 5.86. The van der Waals surface area contributed by atoms with Crippen molar-refractivity contribution >= 4 is 18.0 Å². The fourth-order valence-electron chi connectivity index (χ4n) is 3.50. The molecular weight excluding hydrogens is 424 g/mol. The third-order valence-electron chi connectivity index (χ3n) is 5.54. The highest BCUT2D eigenvalue weighted by Crippen LogP contribution is 2.40. The highest BCUT2D eigenvalue weighted by atomic mass is 16.6. The van der Waals surface area contributed by atoms with E-state index in [1.807, 2.05) is 51.1 Å². The molecule has 1 aromatic rings. The van der Waals surface area contributed by atoms with Gasteiger partial charge < -0.3 is 25.2 Å². The lowest BCUT2D eigenvalue weighted by atomic mass is 10.0. The summed E-state index contributed by atoms with van der Waals surface area (Å²) < 4.78 is 5.62. The number of aliphatic hydroxyl groups excluding tert-OH is 1. The van der Waals surface area contributed by atoms with Gasteiger partial charge in [0, 0.05) is 18.5 Å². The van der Waals surface area contributed by atoms with Crippen molar-refractivity contribution in [1.82, 2.24) is 10.2 Å². The zero-order chi connectivity index (χ0) is 24.8. The number of benzene rings is 1. The van der Waals surface area contributed by atoms with Crippen molar-refractivity contribution in [2.24, 2.45) is 17.8 Å². The van der Waals surface area contributed by atoms with E-state index >= 15 is 0 Å². The quantitative estimate of drug-likeness (QED) is 0.435. The minimum absolute atomic E-state index is 0.00750. The first-order valence-corrected chi connectivity index (χ1v) is 11.6. The van der Waals surface area contributed by atoms with Crippen LogP contribution >= 0.6 is 0 Å². The molecule has 1 saturated carbocycles. The first-order chi connectivity index (χ1) is 15.4. The molecule has 1 aromatic carbocycles. The number of carboxylic acids is 1. The lowest BCUT2D eigenvalue weighted by Crippen LogP contribution is -2.52. The first-order valence-electron chi connectivity index (χ1n) is 11.6. The van der Waals surface area contributed by atoms with E-state index in [4.69, 9.17) is 9.84 Å². The molecule has 1 aliphatic rings. The van der Waals surface area contributed by atoms with Crippen molar-refractivity contribution in [2.75, 3.05) is 13.1 Å². The maximum atomic E-state index is 12.9. The largest absolute Gasteiger partial charge is 0.481 e. The number of urea groups is 1. The molecule has 1 fully saturated rings. The van der Waals surface area contributed by atoms with Crippen molar-refractivity contribution in [3.05, 3.63) is 35.9 Å². The topological polar surface area (TPSA) is 116 Å². The van der Waals surface area contributed by atoms with E-state index in [9.17, 15) is 19.5 Å². The number of amides is 2.